The summed E-state index contributed by atoms with van der Waals surface area (Å²) >= 11 is 0. The number of carbonyl (C=O) groups is 1. The number of ether oxygens (including phenoxy) is 1. The minimum absolute atomic E-state index is 0.0175. The summed E-state index contributed by atoms with van der Waals surface area (Å²) in [6.07, 6.45) is -2.56. The van der Waals surface area contributed by atoms with Gasteiger partial charge in [-0.15, -0.1) is 10.2 Å². The number of amides is 1. The summed E-state index contributed by atoms with van der Waals surface area (Å²) in [5.74, 6) is -1.60. The molecule has 5 rings (SSSR count). The van der Waals surface area contributed by atoms with Gasteiger partial charge in [-0.3, -0.25) is 4.79 Å². The van der Waals surface area contributed by atoms with Crippen LogP contribution in [0.25, 0.3) is 11.5 Å². The van der Waals surface area contributed by atoms with Crippen LogP contribution in [0.3, 0.4) is 0 Å². The normalized spacial score (nSPS) is 18.4. The molecule has 0 bridgehead atoms. The van der Waals surface area contributed by atoms with Gasteiger partial charge in [0, 0.05) is 30.9 Å². The highest BCUT2D eigenvalue weighted by molar-refractivity contribution is 5.99. The third-order valence-electron chi connectivity index (χ3n) is 6.46. The van der Waals surface area contributed by atoms with Crippen molar-refractivity contribution in [2.45, 2.75) is 38.0 Å². The Morgan fingerprint density at radius 2 is 1.79 bits per heavy atom. The molecule has 1 fully saturated rings. The largest absolute Gasteiger partial charge is 0.415 e. The van der Waals surface area contributed by atoms with Crippen molar-refractivity contribution >= 4 is 5.91 Å². The second kappa shape index (κ2) is 9.19. The number of aliphatic hydroxyl groups is 1. The molecule has 0 unspecified atom stereocenters. The van der Waals surface area contributed by atoms with Crippen molar-refractivity contribution in [2.24, 2.45) is 5.92 Å². The van der Waals surface area contributed by atoms with Crippen LogP contribution in [0.4, 0.5) is 13.2 Å². The highest BCUT2D eigenvalue weighted by atomic mass is 19.3. The highest BCUT2D eigenvalue weighted by Crippen LogP contribution is 2.38. The maximum atomic E-state index is 13.5. The first-order valence-electron chi connectivity index (χ1n) is 11.0. The maximum Gasteiger partial charge on any atom is 0.314 e. The number of hydrogen-bond acceptors (Lipinski definition) is 6. The lowest BCUT2D eigenvalue weighted by Crippen LogP contribution is -2.46. The van der Waals surface area contributed by atoms with E-state index in [1.807, 2.05) is 0 Å². The van der Waals surface area contributed by atoms with Gasteiger partial charge in [0.05, 0.1) is 12.1 Å². The summed E-state index contributed by atoms with van der Waals surface area (Å²) in [5.41, 5.74) is 2.01. The number of halogens is 3. The van der Waals surface area contributed by atoms with Crippen molar-refractivity contribution in [1.82, 2.24) is 15.1 Å². The van der Waals surface area contributed by atoms with E-state index in [2.05, 4.69) is 10.2 Å². The number of alkyl halides is 2. The van der Waals surface area contributed by atoms with Gasteiger partial charge in [-0.2, -0.15) is 8.78 Å². The Labute approximate surface area is 193 Å². The fraction of sp³-hybridized carbons (Fsp3) is 0.375. The quantitative estimate of drug-likeness (QED) is 0.575. The van der Waals surface area contributed by atoms with E-state index in [4.69, 9.17) is 9.15 Å². The molecule has 3 aromatic rings. The average molecular weight is 473 g/mol. The van der Waals surface area contributed by atoms with Crippen molar-refractivity contribution < 1.29 is 32.2 Å². The molecule has 0 radical (unpaired) electrons. The van der Waals surface area contributed by atoms with Crippen LogP contribution >= 0.6 is 0 Å². The predicted molar refractivity (Wildman–Crippen MR) is 113 cm³/mol. The lowest BCUT2D eigenvalue weighted by molar-refractivity contribution is -0.0213. The zero-order chi connectivity index (χ0) is 23.8. The molecular formula is C24H22F3N3O4. The first-order valence-corrected chi connectivity index (χ1v) is 11.0. The Balaban J connectivity index is 1.46. The second-order valence-electron chi connectivity index (χ2n) is 8.49. The smallest absolute Gasteiger partial charge is 0.314 e. The van der Waals surface area contributed by atoms with Crippen molar-refractivity contribution in [2.75, 3.05) is 13.2 Å². The van der Waals surface area contributed by atoms with E-state index < -0.39 is 30.3 Å². The molecule has 1 saturated heterocycles. The lowest BCUT2D eigenvalue weighted by atomic mass is 9.84. The molecule has 0 spiro atoms. The third-order valence-corrected chi connectivity index (χ3v) is 6.46. The maximum absolute atomic E-state index is 13.5. The molecule has 2 aliphatic rings. The molecule has 1 N–H and O–H groups in total. The summed E-state index contributed by atoms with van der Waals surface area (Å²) in [6.45, 7) is 1.33. The van der Waals surface area contributed by atoms with Crippen molar-refractivity contribution in [3.05, 3.63) is 70.9 Å². The van der Waals surface area contributed by atoms with Crippen molar-refractivity contribution in [3.8, 4) is 11.5 Å². The number of benzene rings is 2. The Morgan fingerprint density at radius 3 is 2.47 bits per heavy atom. The number of hydrogen-bond donors (Lipinski definition) is 1. The Bertz CT molecular complexity index is 1180. The molecule has 1 amide bonds. The number of nitrogens with zero attached hydrogens (tertiary/aromatic N) is 3. The first kappa shape index (κ1) is 22.5. The fourth-order valence-corrected chi connectivity index (χ4v) is 4.73. The molecule has 34 heavy (non-hydrogen) atoms. The molecule has 2 atom stereocenters. The van der Waals surface area contributed by atoms with E-state index in [0.29, 0.717) is 42.7 Å². The summed E-state index contributed by atoms with van der Waals surface area (Å²) in [7, 11) is 0. The minimum Gasteiger partial charge on any atom is -0.415 e. The average Bonchev–Trinajstić information content (AvgIpc) is 3.46. The SMILES string of the molecule is O=C1c2cc(-c3nnc(C(F)F)o3)ccc2CN1[C@H](C1CCOCC1)[C@H](O)c1ccc(F)cc1. The zero-order valence-corrected chi connectivity index (χ0v) is 18.0. The van der Waals surface area contributed by atoms with E-state index in [1.54, 1.807) is 23.1 Å². The van der Waals surface area contributed by atoms with Gasteiger partial charge in [0.2, 0.25) is 5.89 Å². The van der Waals surface area contributed by atoms with Crippen LogP contribution in [0, 0.1) is 11.7 Å². The molecule has 178 valence electrons. The van der Waals surface area contributed by atoms with Crippen LogP contribution in [-0.4, -0.2) is 45.4 Å². The van der Waals surface area contributed by atoms with Crippen LogP contribution in [0.15, 0.2) is 46.9 Å². The van der Waals surface area contributed by atoms with Gasteiger partial charge in [0.1, 0.15) is 5.82 Å². The summed E-state index contributed by atoms with van der Waals surface area (Å²) < 4.78 is 49.6. The van der Waals surface area contributed by atoms with Crippen LogP contribution < -0.4 is 0 Å². The monoisotopic (exact) mass is 473 g/mol. The fourth-order valence-electron chi connectivity index (χ4n) is 4.73. The summed E-state index contributed by atoms with van der Waals surface area (Å²) in [5, 5.41) is 18.3. The number of aliphatic hydroxyl groups excluding tert-OH is 1. The van der Waals surface area contributed by atoms with E-state index in [-0.39, 0.29) is 24.3 Å². The van der Waals surface area contributed by atoms with Gasteiger partial charge in [-0.05, 0) is 54.2 Å². The van der Waals surface area contributed by atoms with Crippen LogP contribution in [0.1, 0.15) is 52.7 Å². The summed E-state index contributed by atoms with van der Waals surface area (Å²) in [6, 6.07) is 9.97. The lowest BCUT2D eigenvalue weighted by Gasteiger charge is -2.39. The van der Waals surface area contributed by atoms with E-state index in [1.165, 1.54) is 24.3 Å². The molecule has 0 aliphatic carbocycles. The number of rotatable bonds is 6. The molecule has 3 heterocycles. The highest BCUT2D eigenvalue weighted by Gasteiger charge is 2.41. The van der Waals surface area contributed by atoms with E-state index in [9.17, 15) is 23.1 Å². The van der Waals surface area contributed by atoms with Gasteiger partial charge < -0.3 is 19.2 Å². The molecule has 10 heteroatoms. The second-order valence-corrected chi connectivity index (χ2v) is 8.49. The van der Waals surface area contributed by atoms with Crippen molar-refractivity contribution in [1.29, 1.82) is 0 Å². The topological polar surface area (TPSA) is 88.7 Å². The number of aromatic nitrogens is 2. The standard InChI is InChI=1S/C24H22F3N3O4/c25-17-5-3-14(4-6-17)20(31)19(13-7-9-33-10-8-13)30-12-16-2-1-15(11-18(16)24(30)32)22-28-29-23(34-22)21(26)27/h1-6,11,13,19-21,31H,7-10,12H2/t19-,20-/m1/s1. The Kier molecular flexibility index (Phi) is 6.09. The molecule has 0 saturated carbocycles. The Morgan fingerprint density at radius 1 is 1.06 bits per heavy atom. The number of fused-ring (bicyclic) bond motifs is 1. The third kappa shape index (κ3) is 4.19. The van der Waals surface area contributed by atoms with E-state index in [0.717, 1.165) is 5.56 Å². The molecular weight excluding hydrogens is 451 g/mol. The van der Waals surface area contributed by atoms with Crippen LogP contribution in [0.2, 0.25) is 0 Å². The van der Waals surface area contributed by atoms with Crippen LogP contribution in [0.5, 0.6) is 0 Å². The number of carbonyl (C=O) groups excluding carboxylic acids is 1. The molecule has 7 nitrogen and oxygen atoms in total. The van der Waals surface area contributed by atoms with Crippen LogP contribution in [-0.2, 0) is 11.3 Å². The van der Waals surface area contributed by atoms with Gasteiger partial charge in [-0.1, -0.05) is 18.2 Å². The zero-order valence-electron chi connectivity index (χ0n) is 18.0. The van der Waals surface area contributed by atoms with Gasteiger partial charge in [0.25, 0.3) is 11.8 Å². The van der Waals surface area contributed by atoms with Gasteiger partial charge in [-0.25, -0.2) is 4.39 Å². The molecule has 1 aromatic heterocycles. The molecule has 2 aromatic carbocycles. The predicted octanol–water partition coefficient (Wildman–Crippen LogP) is 4.30. The molecule has 2 aliphatic heterocycles. The summed E-state index contributed by atoms with van der Waals surface area (Å²) in [4.78, 5) is 15.1. The van der Waals surface area contributed by atoms with Crippen molar-refractivity contribution in [3.63, 3.8) is 0 Å². The van der Waals surface area contributed by atoms with Gasteiger partial charge in [0.15, 0.2) is 0 Å². The van der Waals surface area contributed by atoms with Gasteiger partial charge >= 0.3 is 6.43 Å². The first-order chi connectivity index (χ1) is 16.4. The minimum atomic E-state index is -2.89. The Hall–Kier alpha value is -3.24. The van der Waals surface area contributed by atoms with E-state index >= 15 is 0 Å².